The summed E-state index contributed by atoms with van der Waals surface area (Å²) < 4.78 is 40.7. The van der Waals surface area contributed by atoms with E-state index in [1.54, 1.807) is 11.8 Å². The predicted molar refractivity (Wildman–Crippen MR) is 108 cm³/mol. The molecule has 3 aromatic rings. The Morgan fingerprint density at radius 2 is 1.85 bits per heavy atom. The molecule has 0 atom stereocenters. The first-order valence-electron chi connectivity index (χ1n) is 8.62. The number of H-pyrrole nitrogens is 1. The lowest BCUT2D eigenvalue weighted by Gasteiger charge is -2.10. The molecule has 27 heavy (non-hydrogen) atoms. The highest BCUT2D eigenvalue weighted by Crippen LogP contribution is 2.43. The van der Waals surface area contributed by atoms with Gasteiger partial charge in [0.1, 0.15) is 0 Å². The number of halogens is 4. The number of hydrogen-bond acceptors (Lipinski definition) is 2. The van der Waals surface area contributed by atoms with Crippen LogP contribution in [-0.2, 0) is 12.6 Å². The van der Waals surface area contributed by atoms with Crippen LogP contribution in [0.15, 0.2) is 41.3 Å². The third-order valence-electron chi connectivity index (χ3n) is 4.57. The zero-order valence-corrected chi connectivity index (χ0v) is 16.4. The summed E-state index contributed by atoms with van der Waals surface area (Å²) in [5.74, 6) is 0. The van der Waals surface area contributed by atoms with Crippen molar-refractivity contribution in [2.24, 2.45) is 5.73 Å². The van der Waals surface area contributed by atoms with E-state index in [1.165, 1.54) is 6.07 Å². The molecule has 0 amide bonds. The first-order chi connectivity index (χ1) is 12.9. The van der Waals surface area contributed by atoms with Gasteiger partial charge < -0.3 is 10.7 Å². The highest BCUT2D eigenvalue weighted by molar-refractivity contribution is 7.98. The summed E-state index contributed by atoms with van der Waals surface area (Å²) in [7, 11) is 0. The molecule has 144 valence electrons. The van der Waals surface area contributed by atoms with Crippen molar-refractivity contribution in [1.82, 2.24) is 4.98 Å². The number of fused-ring (bicyclic) bond motifs is 1. The first-order valence-corrected chi connectivity index (χ1v) is 10.2. The Morgan fingerprint density at radius 3 is 2.52 bits per heavy atom. The number of nitrogens with one attached hydrogen (secondary N) is 1. The van der Waals surface area contributed by atoms with Crippen molar-refractivity contribution in [3.8, 4) is 11.3 Å². The van der Waals surface area contributed by atoms with Crippen molar-refractivity contribution in [3.05, 3.63) is 52.5 Å². The van der Waals surface area contributed by atoms with E-state index < -0.39 is 11.7 Å². The molecule has 2 nitrogen and oxygen atoms in total. The second-order valence-electron chi connectivity index (χ2n) is 6.27. The molecule has 2 aromatic carbocycles. The van der Waals surface area contributed by atoms with Crippen LogP contribution in [0, 0.1) is 0 Å². The van der Waals surface area contributed by atoms with Crippen LogP contribution < -0.4 is 5.73 Å². The van der Waals surface area contributed by atoms with E-state index >= 15 is 0 Å². The lowest BCUT2D eigenvalue weighted by atomic mass is 9.99. The molecule has 0 bridgehead atoms. The number of aryl methyl sites for hydroxylation is 1. The summed E-state index contributed by atoms with van der Waals surface area (Å²) in [5.41, 5.74) is 7.34. The molecule has 0 aliphatic heterocycles. The van der Waals surface area contributed by atoms with E-state index in [9.17, 15) is 13.2 Å². The summed E-state index contributed by atoms with van der Waals surface area (Å²) in [6, 6.07) is 10.1. The van der Waals surface area contributed by atoms with E-state index in [1.807, 2.05) is 30.5 Å². The van der Waals surface area contributed by atoms with E-state index in [2.05, 4.69) is 4.98 Å². The molecule has 0 radical (unpaired) electrons. The molecule has 0 spiro atoms. The minimum absolute atomic E-state index is 0.0451. The monoisotopic (exact) mass is 412 g/mol. The molecule has 0 fully saturated rings. The van der Waals surface area contributed by atoms with Gasteiger partial charge in [0.05, 0.1) is 21.8 Å². The van der Waals surface area contributed by atoms with Gasteiger partial charge in [-0.25, -0.2) is 0 Å². The minimum Gasteiger partial charge on any atom is -0.354 e. The third-order valence-corrected chi connectivity index (χ3v) is 5.68. The highest BCUT2D eigenvalue weighted by atomic mass is 35.5. The van der Waals surface area contributed by atoms with Crippen molar-refractivity contribution in [2.75, 3.05) is 12.8 Å². The fourth-order valence-corrected chi connectivity index (χ4v) is 4.22. The summed E-state index contributed by atoms with van der Waals surface area (Å²) in [6.07, 6.45) is -0.324. The second kappa shape index (κ2) is 8.17. The van der Waals surface area contributed by atoms with Gasteiger partial charge in [0, 0.05) is 15.8 Å². The van der Waals surface area contributed by atoms with Gasteiger partial charge in [-0.1, -0.05) is 29.8 Å². The average Bonchev–Trinajstić information content (AvgIpc) is 3.01. The van der Waals surface area contributed by atoms with Crippen molar-refractivity contribution < 1.29 is 13.2 Å². The number of alkyl halides is 3. The Morgan fingerprint density at radius 1 is 1.11 bits per heavy atom. The maximum absolute atomic E-state index is 13.6. The maximum Gasteiger partial charge on any atom is 0.418 e. The smallest absolute Gasteiger partial charge is 0.354 e. The SMILES string of the molecule is CSc1ccccc1-c1[nH]c2c(C(F)(F)F)ccc(Cl)c2c1CCCCN. The molecule has 3 rings (SSSR count). The molecule has 0 saturated heterocycles. The Hall–Kier alpha value is -1.63. The number of aromatic nitrogens is 1. The average molecular weight is 413 g/mol. The summed E-state index contributed by atoms with van der Waals surface area (Å²) in [6.45, 7) is 0.542. The molecule has 0 unspecified atom stereocenters. The Kier molecular flexibility index (Phi) is 6.08. The Balaban J connectivity index is 2.31. The van der Waals surface area contributed by atoms with Gasteiger partial charge in [0.2, 0.25) is 0 Å². The Labute approximate surface area is 165 Å². The van der Waals surface area contributed by atoms with Crippen molar-refractivity contribution in [2.45, 2.75) is 30.3 Å². The second-order valence-corrected chi connectivity index (χ2v) is 7.52. The van der Waals surface area contributed by atoms with Crippen LogP contribution in [0.5, 0.6) is 0 Å². The summed E-state index contributed by atoms with van der Waals surface area (Å²) in [5, 5.41) is 0.777. The molecule has 1 heterocycles. The molecule has 7 heteroatoms. The summed E-state index contributed by atoms with van der Waals surface area (Å²) in [4.78, 5) is 4.04. The van der Waals surface area contributed by atoms with Crippen molar-refractivity contribution >= 4 is 34.3 Å². The van der Waals surface area contributed by atoms with Gasteiger partial charge in [-0.05, 0) is 55.8 Å². The van der Waals surface area contributed by atoms with Gasteiger partial charge in [-0.2, -0.15) is 13.2 Å². The van der Waals surface area contributed by atoms with E-state index in [0.717, 1.165) is 34.9 Å². The highest BCUT2D eigenvalue weighted by Gasteiger charge is 2.34. The van der Waals surface area contributed by atoms with Crippen LogP contribution in [0.25, 0.3) is 22.2 Å². The van der Waals surface area contributed by atoms with Crippen LogP contribution in [-0.4, -0.2) is 17.8 Å². The number of nitrogens with two attached hydrogens (primary N) is 1. The van der Waals surface area contributed by atoms with E-state index in [0.29, 0.717) is 29.1 Å². The van der Waals surface area contributed by atoms with Crippen LogP contribution >= 0.6 is 23.4 Å². The van der Waals surface area contributed by atoms with Crippen LogP contribution in [0.2, 0.25) is 5.02 Å². The molecule has 0 aliphatic carbocycles. The maximum atomic E-state index is 13.6. The third kappa shape index (κ3) is 3.98. The fraction of sp³-hybridized carbons (Fsp3) is 0.300. The lowest BCUT2D eigenvalue weighted by Crippen LogP contribution is -2.05. The molecular formula is C20H20ClF3N2S. The van der Waals surface area contributed by atoms with Gasteiger partial charge in [0.15, 0.2) is 0 Å². The van der Waals surface area contributed by atoms with Crippen molar-refractivity contribution in [1.29, 1.82) is 0 Å². The quantitative estimate of drug-likeness (QED) is 0.358. The number of benzene rings is 2. The lowest BCUT2D eigenvalue weighted by molar-refractivity contribution is -0.136. The number of aromatic amines is 1. The molecule has 3 N–H and O–H groups in total. The first kappa shape index (κ1) is 20.1. The minimum atomic E-state index is -4.46. The molecule has 0 aliphatic rings. The van der Waals surface area contributed by atoms with E-state index in [-0.39, 0.29) is 5.52 Å². The van der Waals surface area contributed by atoms with Gasteiger partial charge >= 0.3 is 6.18 Å². The largest absolute Gasteiger partial charge is 0.418 e. The zero-order chi connectivity index (χ0) is 19.6. The standard InChI is InChI=1S/C20H20ClF3N2S/c1-27-16-8-3-2-6-12(16)18-13(7-4-5-11-25)17-15(21)10-9-14(19(17)26-18)20(22,23)24/h2-3,6,8-10,26H,4-5,7,11,25H2,1H3. The van der Waals surface area contributed by atoms with E-state index in [4.69, 9.17) is 17.3 Å². The van der Waals surface area contributed by atoms with Gasteiger partial charge in [-0.15, -0.1) is 11.8 Å². The van der Waals surface area contributed by atoms with Crippen LogP contribution in [0.3, 0.4) is 0 Å². The predicted octanol–water partition coefficient (Wildman–Crippen LogP) is 6.51. The number of thioether (sulfide) groups is 1. The molecule has 0 saturated carbocycles. The zero-order valence-electron chi connectivity index (χ0n) is 14.8. The molecular weight excluding hydrogens is 393 g/mol. The van der Waals surface area contributed by atoms with Gasteiger partial charge in [0.25, 0.3) is 0 Å². The number of rotatable bonds is 6. The summed E-state index contributed by atoms with van der Waals surface area (Å²) >= 11 is 7.91. The topological polar surface area (TPSA) is 41.8 Å². The Bertz CT molecular complexity index is 950. The van der Waals surface area contributed by atoms with Crippen molar-refractivity contribution in [3.63, 3.8) is 0 Å². The normalized spacial score (nSPS) is 12.1. The van der Waals surface area contributed by atoms with Gasteiger partial charge in [-0.3, -0.25) is 0 Å². The fourth-order valence-electron chi connectivity index (χ4n) is 3.34. The molecule has 1 aromatic heterocycles. The number of unbranched alkanes of at least 4 members (excludes halogenated alkanes) is 1. The number of hydrogen-bond donors (Lipinski definition) is 2. The van der Waals surface area contributed by atoms with Crippen LogP contribution in [0.1, 0.15) is 24.0 Å². The van der Waals surface area contributed by atoms with Crippen LogP contribution in [0.4, 0.5) is 13.2 Å².